The number of nitrogens with zero attached hydrogens (tertiary/aromatic N) is 3. The smallest absolute Gasteiger partial charge is 0.321 e. The van der Waals surface area contributed by atoms with Crippen molar-refractivity contribution < 1.29 is 9.59 Å². The van der Waals surface area contributed by atoms with Crippen LogP contribution in [0.25, 0.3) is 10.7 Å². The highest BCUT2D eigenvalue weighted by atomic mass is 32.2. The lowest BCUT2D eigenvalue weighted by molar-refractivity contribution is -0.117. The van der Waals surface area contributed by atoms with Gasteiger partial charge in [-0.05, 0) is 50.7 Å². The van der Waals surface area contributed by atoms with Crippen molar-refractivity contribution in [3.8, 4) is 10.7 Å². The molecule has 0 fully saturated rings. The minimum atomic E-state index is -0.478. The minimum absolute atomic E-state index is 0.0222. The van der Waals surface area contributed by atoms with E-state index in [1.807, 2.05) is 25.5 Å². The van der Waals surface area contributed by atoms with E-state index in [1.165, 1.54) is 35.0 Å². The maximum absolute atomic E-state index is 11.9. The van der Waals surface area contributed by atoms with E-state index >= 15 is 0 Å². The van der Waals surface area contributed by atoms with Gasteiger partial charge in [0.2, 0.25) is 5.91 Å². The molecular weight excluding hydrogens is 394 g/mol. The number of imide groups is 1. The lowest BCUT2D eigenvalue weighted by Crippen LogP contribution is -2.43. The number of amides is 3. The zero-order valence-electron chi connectivity index (χ0n) is 16.7. The number of carbonyl (C=O) groups excluding carboxylic acids is 2. The van der Waals surface area contributed by atoms with E-state index in [0.29, 0.717) is 5.16 Å². The van der Waals surface area contributed by atoms with Gasteiger partial charge in [-0.2, -0.15) is 0 Å². The van der Waals surface area contributed by atoms with Gasteiger partial charge in [0.25, 0.3) is 0 Å². The van der Waals surface area contributed by atoms with Gasteiger partial charge in [0.15, 0.2) is 11.0 Å². The first-order valence-corrected chi connectivity index (χ1v) is 11.4. The van der Waals surface area contributed by atoms with E-state index in [-0.39, 0.29) is 17.7 Å². The molecule has 1 aliphatic rings. The lowest BCUT2D eigenvalue weighted by Gasteiger charge is -2.19. The van der Waals surface area contributed by atoms with Crippen molar-refractivity contribution in [1.29, 1.82) is 0 Å². The van der Waals surface area contributed by atoms with E-state index in [4.69, 9.17) is 0 Å². The zero-order valence-corrected chi connectivity index (χ0v) is 18.4. The van der Waals surface area contributed by atoms with Crippen LogP contribution in [0.3, 0.4) is 0 Å². The Balaban J connectivity index is 1.62. The fourth-order valence-corrected chi connectivity index (χ4v) is 5.24. The standard InChI is InChI=1S/C19H27N5O2S2/c1-5-12-6-7-14-13(8-12)9-15(28-14)17-22-23-19(24(17)4)27-10-16(25)21-18(26)20-11(2)3/h9,11-12H,5-8,10H2,1-4H3,(H2,20,21,25,26)/t12-/m0/s1. The van der Waals surface area contributed by atoms with E-state index < -0.39 is 6.03 Å². The van der Waals surface area contributed by atoms with Crippen LogP contribution in [0.4, 0.5) is 4.79 Å². The van der Waals surface area contributed by atoms with Crippen LogP contribution < -0.4 is 10.6 Å². The molecule has 0 saturated carbocycles. The van der Waals surface area contributed by atoms with Crippen molar-refractivity contribution in [2.45, 2.75) is 57.7 Å². The third-order valence-corrected chi connectivity index (χ3v) is 7.08. The SMILES string of the molecule is CC[C@H]1CCc2sc(-c3nnc(SCC(=O)NC(=O)NC(C)C)n3C)cc2C1. The van der Waals surface area contributed by atoms with Gasteiger partial charge in [0, 0.05) is 18.0 Å². The van der Waals surface area contributed by atoms with Crippen molar-refractivity contribution in [2.75, 3.05) is 5.75 Å². The van der Waals surface area contributed by atoms with Crippen molar-refractivity contribution in [3.63, 3.8) is 0 Å². The summed E-state index contributed by atoms with van der Waals surface area (Å²) in [6.45, 7) is 5.94. The zero-order chi connectivity index (χ0) is 20.3. The molecule has 0 radical (unpaired) electrons. The summed E-state index contributed by atoms with van der Waals surface area (Å²) in [6.07, 6.45) is 4.80. The van der Waals surface area contributed by atoms with E-state index in [1.54, 1.807) is 11.3 Å². The Hall–Kier alpha value is -1.87. The summed E-state index contributed by atoms with van der Waals surface area (Å²) in [7, 11) is 1.91. The van der Waals surface area contributed by atoms with Crippen LogP contribution >= 0.6 is 23.1 Å². The number of hydrogen-bond acceptors (Lipinski definition) is 6. The van der Waals surface area contributed by atoms with Crippen LogP contribution in [0.5, 0.6) is 0 Å². The molecule has 152 valence electrons. The second-order valence-electron chi connectivity index (χ2n) is 7.41. The Morgan fingerprint density at radius 3 is 2.89 bits per heavy atom. The first-order chi connectivity index (χ1) is 13.4. The van der Waals surface area contributed by atoms with Crippen molar-refractivity contribution in [3.05, 3.63) is 16.5 Å². The van der Waals surface area contributed by atoms with Crippen molar-refractivity contribution >= 4 is 35.0 Å². The van der Waals surface area contributed by atoms with Crippen LogP contribution in [0.2, 0.25) is 0 Å². The minimum Gasteiger partial charge on any atom is -0.336 e. The van der Waals surface area contributed by atoms with Gasteiger partial charge in [-0.3, -0.25) is 10.1 Å². The Morgan fingerprint density at radius 2 is 2.18 bits per heavy atom. The highest BCUT2D eigenvalue weighted by Gasteiger charge is 2.22. The normalized spacial score (nSPS) is 16.1. The monoisotopic (exact) mass is 421 g/mol. The molecule has 2 aromatic heterocycles. The molecule has 3 amide bonds. The molecule has 2 heterocycles. The number of nitrogens with one attached hydrogen (secondary N) is 2. The molecule has 0 bridgehead atoms. The van der Waals surface area contributed by atoms with Crippen LogP contribution in [0, 0.1) is 5.92 Å². The Labute approximate surface area is 173 Å². The van der Waals surface area contributed by atoms with Crippen molar-refractivity contribution in [1.82, 2.24) is 25.4 Å². The van der Waals surface area contributed by atoms with Gasteiger partial charge >= 0.3 is 6.03 Å². The average molecular weight is 422 g/mol. The fraction of sp³-hybridized carbons (Fsp3) is 0.579. The molecular formula is C19H27N5O2S2. The van der Waals surface area contributed by atoms with Gasteiger partial charge < -0.3 is 9.88 Å². The maximum atomic E-state index is 11.9. The van der Waals surface area contributed by atoms with Crippen LogP contribution in [0.1, 0.15) is 44.1 Å². The highest BCUT2D eigenvalue weighted by Crippen LogP contribution is 2.37. The summed E-state index contributed by atoms with van der Waals surface area (Å²) >= 11 is 3.07. The Kier molecular flexibility index (Phi) is 6.77. The first-order valence-electron chi connectivity index (χ1n) is 9.61. The number of fused-ring (bicyclic) bond motifs is 1. The number of aromatic nitrogens is 3. The maximum Gasteiger partial charge on any atom is 0.321 e. The number of thiophene rings is 1. The van der Waals surface area contributed by atoms with E-state index in [9.17, 15) is 9.59 Å². The molecule has 1 aliphatic carbocycles. The molecule has 0 aliphatic heterocycles. The summed E-state index contributed by atoms with van der Waals surface area (Å²) in [4.78, 5) is 26.1. The largest absolute Gasteiger partial charge is 0.336 e. The summed E-state index contributed by atoms with van der Waals surface area (Å²) < 4.78 is 1.92. The van der Waals surface area contributed by atoms with Crippen LogP contribution in [0.15, 0.2) is 11.2 Å². The quantitative estimate of drug-likeness (QED) is 0.698. The van der Waals surface area contributed by atoms with Gasteiger partial charge in [-0.15, -0.1) is 21.5 Å². The third kappa shape index (κ3) is 4.94. The second kappa shape index (κ2) is 9.09. The van der Waals surface area contributed by atoms with E-state index in [2.05, 4.69) is 33.8 Å². The van der Waals surface area contributed by atoms with Gasteiger partial charge in [-0.1, -0.05) is 25.1 Å². The van der Waals surface area contributed by atoms with E-state index in [0.717, 1.165) is 29.5 Å². The number of carbonyl (C=O) groups is 2. The summed E-state index contributed by atoms with van der Waals surface area (Å²) in [6, 6.07) is 1.75. The molecule has 2 aromatic rings. The molecule has 0 aromatic carbocycles. The predicted octanol–water partition coefficient (Wildman–Crippen LogP) is 3.38. The lowest BCUT2D eigenvalue weighted by atomic mass is 9.87. The molecule has 9 heteroatoms. The van der Waals surface area contributed by atoms with Crippen LogP contribution in [-0.4, -0.2) is 38.5 Å². The molecule has 3 rings (SSSR count). The number of rotatable bonds is 6. The van der Waals surface area contributed by atoms with Crippen molar-refractivity contribution in [2.24, 2.45) is 13.0 Å². The van der Waals surface area contributed by atoms with Gasteiger partial charge in [0.1, 0.15) is 0 Å². The van der Waals surface area contributed by atoms with Gasteiger partial charge in [0.05, 0.1) is 10.6 Å². The highest BCUT2D eigenvalue weighted by molar-refractivity contribution is 7.99. The number of hydrogen-bond donors (Lipinski definition) is 2. The molecule has 1 atom stereocenters. The average Bonchev–Trinajstić information content (AvgIpc) is 3.21. The predicted molar refractivity (Wildman–Crippen MR) is 113 cm³/mol. The molecule has 2 N–H and O–H groups in total. The number of aryl methyl sites for hydroxylation is 1. The molecule has 0 saturated heterocycles. The third-order valence-electron chi connectivity index (χ3n) is 4.82. The second-order valence-corrected chi connectivity index (χ2v) is 9.49. The number of thioether (sulfide) groups is 1. The Morgan fingerprint density at radius 1 is 1.39 bits per heavy atom. The molecule has 7 nitrogen and oxygen atoms in total. The molecule has 0 unspecified atom stereocenters. The summed E-state index contributed by atoms with van der Waals surface area (Å²) in [5.74, 6) is 1.36. The summed E-state index contributed by atoms with van der Waals surface area (Å²) in [5.41, 5.74) is 1.45. The van der Waals surface area contributed by atoms with Gasteiger partial charge in [-0.25, -0.2) is 4.79 Å². The Bertz CT molecular complexity index is 859. The number of urea groups is 1. The topological polar surface area (TPSA) is 88.9 Å². The molecule has 0 spiro atoms. The molecule has 28 heavy (non-hydrogen) atoms. The summed E-state index contributed by atoms with van der Waals surface area (Å²) in [5, 5.41) is 14.2. The van der Waals surface area contributed by atoms with Crippen LogP contribution in [-0.2, 0) is 24.7 Å². The first kappa shape index (κ1) is 20.9. The fourth-order valence-electron chi connectivity index (χ4n) is 3.30.